The zero-order valence-corrected chi connectivity index (χ0v) is 11.6. The lowest BCUT2D eigenvalue weighted by Gasteiger charge is -2.24. The second-order valence-electron chi connectivity index (χ2n) is 4.43. The van der Waals surface area contributed by atoms with E-state index < -0.39 is 11.2 Å². The molecule has 0 N–H and O–H groups in total. The van der Waals surface area contributed by atoms with Crippen molar-refractivity contribution in [1.29, 1.82) is 0 Å². The summed E-state index contributed by atoms with van der Waals surface area (Å²) >= 11 is 0. The van der Waals surface area contributed by atoms with E-state index in [0.717, 1.165) is 4.57 Å². The maximum atomic E-state index is 12.0. The molecule has 1 heterocycles. The lowest BCUT2D eigenvalue weighted by molar-refractivity contribution is -0.133. The number of hydrogen-bond donors (Lipinski definition) is 0. The summed E-state index contributed by atoms with van der Waals surface area (Å²) in [5, 5.41) is 0. The number of methoxy groups -OCH3 is 1. The van der Waals surface area contributed by atoms with Crippen LogP contribution < -0.4 is 11.2 Å². The van der Waals surface area contributed by atoms with Gasteiger partial charge in [-0.25, -0.2) is 4.79 Å². The number of nitrogens with zero attached hydrogens (tertiary/aromatic N) is 3. The maximum absolute atomic E-state index is 12.0. The van der Waals surface area contributed by atoms with Gasteiger partial charge in [0.05, 0.1) is 12.6 Å². The average Bonchev–Trinajstić information content (AvgIpc) is 2.38. The fourth-order valence-corrected chi connectivity index (χ4v) is 1.59. The first kappa shape index (κ1) is 15.2. The van der Waals surface area contributed by atoms with E-state index in [9.17, 15) is 14.4 Å². The Morgan fingerprint density at radius 3 is 2.68 bits per heavy atom. The van der Waals surface area contributed by atoms with Crippen LogP contribution >= 0.6 is 0 Å². The van der Waals surface area contributed by atoms with Crippen molar-refractivity contribution in [1.82, 2.24) is 14.0 Å². The van der Waals surface area contributed by atoms with Crippen LogP contribution in [-0.2, 0) is 23.1 Å². The molecule has 0 fully saturated rings. The highest BCUT2D eigenvalue weighted by atomic mass is 16.5. The lowest BCUT2D eigenvalue weighted by Crippen LogP contribution is -2.43. The van der Waals surface area contributed by atoms with Crippen molar-refractivity contribution in [3.63, 3.8) is 0 Å². The molecule has 0 aromatic carbocycles. The van der Waals surface area contributed by atoms with E-state index >= 15 is 0 Å². The lowest BCUT2D eigenvalue weighted by atomic mass is 10.3. The second-order valence-corrected chi connectivity index (χ2v) is 4.43. The first-order valence-corrected chi connectivity index (χ1v) is 5.89. The molecule has 1 amide bonds. The van der Waals surface area contributed by atoms with E-state index in [4.69, 9.17) is 4.74 Å². The number of ether oxygens (including phenoxy) is 1. The molecule has 0 radical (unpaired) electrons. The topological polar surface area (TPSA) is 73.5 Å². The molecule has 106 valence electrons. The van der Waals surface area contributed by atoms with E-state index in [1.165, 1.54) is 28.8 Å². The summed E-state index contributed by atoms with van der Waals surface area (Å²) in [5.74, 6) is -0.217. The zero-order chi connectivity index (χ0) is 14.6. The van der Waals surface area contributed by atoms with Crippen LogP contribution in [0.5, 0.6) is 0 Å². The number of carbonyl (C=O) groups excluding carboxylic acids is 1. The molecule has 0 saturated carbocycles. The predicted octanol–water partition coefficient (Wildman–Crippen LogP) is -0.960. The molecular weight excluding hydrogens is 250 g/mol. The minimum Gasteiger partial charge on any atom is -0.383 e. The molecular formula is C12H19N3O4. The smallest absolute Gasteiger partial charge is 0.331 e. The van der Waals surface area contributed by atoms with Crippen molar-refractivity contribution in [2.75, 3.05) is 20.8 Å². The third-order valence-corrected chi connectivity index (χ3v) is 3.03. The minimum atomic E-state index is -0.506. The SMILES string of the molecule is COC[C@@H](C)N(C)C(=O)Cn1ccc(=O)n(C)c1=O. The van der Waals surface area contributed by atoms with Gasteiger partial charge in [0.2, 0.25) is 5.91 Å². The molecule has 0 aliphatic heterocycles. The predicted molar refractivity (Wildman–Crippen MR) is 70.1 cm³/mol. The summed E-state index contributed by atoms with van der Waals surface area (Å²) in [7, 11) is 4.59. The Kier molecular flexibility index (Phi) is 5.05. The van der Waals surface area contributed by atoms with Gasteiger partial charge in [-0.2, -0.15) is 0 Å². The third kappa shape index (κ3) is 3.54. The molecule has 1 aromatic rings. The van der Waals surface area contributed by atoms with E-state index in [1.54, 1.807) is 14.2 Å². The van der Waals surface area contributed by atoms with Gasteiger partial charge in [0.1, 0.15) is 6.54 Å². The Morgan fingerprint density at radius 2 is 2.11 bits per heavy atom. The van der Waals surface area contributed by atoms with E-state index in [0.29, 0.717) is 6.61 Å². The van der Waals surface area contributed by atoms with Gasteiger partial charge in [-0.15, -0.1) is 0 Å². The Labute approximate surface area is 111 Å². The van der Waals surface area contributed by atoms with E-state index in [1.807, 2.05) is 6.92 Å². The van der Waals surface area contributed by atoms with Crippen LogP contribution in [0.4, 0.5) is 0 Å². The summed E-state index contributed by atoms with van der Waals surface area (Å²) < 4.78 is 7.15. The van der Waals surface area contributed by atoms with E-state index in [2.05, 4.69) is 0 Å². The average molecular weight is 269 g/mol. The Hall–Kier alpha value is -1.89. The van der Waals surface area contributed by atoms with E-state index in [-0.39, 0.29) is 18.5 Å². The molecule has 1 rings (SSSR count). The van der Waals surface area contributed by atoms with Gasteiger partial charge in [-0.1, -0.05) is 0 Å². The van der Waals surface area contributed by atoms with Gasteiger partial charge in [-0.3, -0.25) is 18.7 Å². The standard InChI is InChI=1S/C12H19N3O4/c1-9(8-19-4)13(2)11(17)7-15-6-5-10(16)14(3)12(15)18/h5-6,9H,7-8H2,1-4H3/t9-/m1/s1. The van der Waals surface area contributed by atoms with Crippen molar-refractivity contribution in [3.8, 4) is 0 Å². The molecule has 1 atom stereocenters. The fraction of sp³-hybridized carbons (Fsp3) is 0.583. The molecule has 7 heteroatoms. The quantitative estimate of drug-likeness (QED) is 0.690. The number of amides is 1. The second kappa shape index (κ2) is 6.33. The monoisotopic (exact) mass is 269 g/mol. The van der Waals surface area contributed by atoms with Crippen LogP contribution in [0.15, 0.2) is 21.9 Å². The van der Waals surface area contributed by atoms with Gasteiger partial charge in [0, 0.05) is 33.5 Å². The van der Waals surface area contributed by atoms with Gasteiger partial charge >= 0.3 is 5.69 Å². The summed E-state index contributed by atoms with van der Waals surface area (Å²) in [5.41, 5.74) is -0.900. The number of carbonyl (C=O) groups is 1. The van der Waals surface area contributed by atoms with Crippen LogP contribution in [0.2, 0.25) is 0 Å². The first-order chi connectivity index (χ1) is 8.88. The van der Waals surface area contributed by atoms with Crippen molar-refractivity contribution in [2.45, 2.75) is 19.5 Å². The normalized spacial score (nSPS) is 12.2. The van der Waals surface area contributed by atoms with Crippen molar-refractivity contribution in [2.24, 2.45) is 7.05 Å². The zero-order valence-electron chi connectivity index (χ0n) is 11.6. The van der Waals surface area contributed by atoms with Gasteiger partial charge in [0.15, 0.2) is 0 Å². The van der Waals surface area contributed by atoms with Crippen LogP contribution in [-0.4, -0.2) is 46.7 Å². The molecule has 0 saturated heterocycles. The highest BCUT2D eigenvalue weighted by Gasteiger charge is 2.16. The maximum Gasteiger partial charge on any atom is 0.331 e. The largest absolute Gasteiger partial charge is 0.383 e. The summed E-state index contributed by atoms with van der Waals surface area (Å²) in [4.78, 5) is 36.5. The number of likely N-dealkylation sites (N-methyl/N-ethyl adjacent to an activating group) is 1. The van der Waals surface area contributed by atoms with Crippen molar-refractivity contribution in [3.05, 3.63) is 33.1 Å². The summed E-state index contributed by atoms with van der Waals surface area (Å²) in [6.07, 6.45) is 1.33. The molecule has 0 aliphatic rings. The fourth-order valence-electron chi connectivity index (χ4n) is 1.59. The Morgan fingerprint density at radius 1 is 1.47 bits per heavy atom. The first-order valence-electron chi connectivity index (χ1n) is 5.89. The molecule has 0 bridgehead atoms. The molecule has 0 aliphatic carbocycles. The van der Waals surface area contributed by atoms with Crippen molar-refractivity contribution >= 4 is 5.91 Å². The van der Waals surface area contributed by atoms with Crippen LogP contribution in [0.25, 0.3) is 0 Å². The Balaban J connectivity index is 2.86. The number of rotatable bonds is 5. The highest BCUT2D eigenvalue weighted by molar-refractivity contribution is 5.76. The van der Waals surface area contributed by atoms with Gasteiger partial charge in [-0.05, 0) is 6.92 Å². The van der Waals surface area contributed by atoms with Gasteiger partial charge < -0.3 is 9.64 Å². The summed E-state index contributed by atoms with van der Waals surface area (Å²) in [6.45, 7) is 2.17. The highest BCUT2D eigenvalue weighted by Crippen LogP contribution is 1.98. The molecule has 19 heavy (non-hydrogen) atoms. The molecule has 1 aromatic heterocycles. The van der Waals surface area contributed by atoms with Crippen LogP contribution in [0.3, 0.4) is 0 Å². The third-order valence-electron chi connectivity index (χ3n) is 3.03. The van der Waals surface area contributed by atoms with Crippen LogP contribution in [0, 0.1) is 0 Å². The minimum absolute atomic E-state index is 0.0827. The van der Waals surface area contributed by atoms with Gasteiger partial charge in [0.25, 0.3) is 5.56 Å². The molecule has 0 spiro atoms. The Bertz CT molecular complexity index is 561. The molecule has 7 nitrogen and oxygen atoms in total. The van der Waals surface area contributed by atoms with Crippen molar-refractivity contribution < 1.29 is 9.53 Å². The molecule has 0 unspecified atom stereocenters. The number of aromatic nitrogens is 2. The number of hydrogen-bond acceptors (Lipinski definition) is 4. The van der Waals surface area contributed by atoms with Crippen LogP contribution in [0.1, 0.15) is 6.92 Å². The summed E-state index contributed by atoms with van der Waals surface area (Å²) in [6, 6.07) is 1.17.